The van der Waals surface area contributed by atoms with Crippen molar-refractivity contribution in [2.24, 2.45) is 45.9 Å². The van der Waals surface area contributed by atoms with Crippen LogP contribution in [0.5, 0.6) is 5.88 Å². The van der Waals surface area contributed by atoms with Gasteiger partial charge in [0, 0.05) is 12.2 Å². The Kier molecular flexibility index (Phi) is 8.72. The van der Waals surface area contributed by atoms with Crippen molar-refractivity contribution in [3.8, 4) is 5.88 Å². The predicted molar refractivity (Wildman–Crippen MR) is 136 cm³/mol. The molecule has 194 valence electrons. The third-order valence-electron chi connectivity index (χ3n) is 7.56. The number of nitrogens with two attached hydrogens (primary N) is 1. The highest BCUT2D eigenvalue weighted by atomic mass is 16.5. The molecule has 1 aromatic rings. The van der Waals surface area contributed by atoms with Crippen LogP contribution in [0.4, 0.5) is 0 Å². The molecule has 2 amide bonds. The lowest BCUT2D eigenvalue weighted by molar-refractivity contribution is -0.123. The van der Waals surface area contributed by atoms with Crippen molar-refractivity contribution in [2.45, 2.75) is 72.8 Å². The minimum Gasteiger partial charge on any atom is -0.477 e. The minimum atomic E-state index is -0.870. The van der Waals surface area contributed by atoms with Crippen molar-refractivity contribution < 1.29 is 14.3 Å². The number of rotatable bonds is 11. The molecule has 0 aromatic carbocycles. The Labute approximate surface area is 208 Å². The second-order valence-corrected chi connectivity index (χ2v) is 11.3. The van der Waals surface area contributed by atoms with Gasteiger partial charge in [0.25, 0.3) is 5.91 Å². The molecule has 5 atom stereocenters. The number of primary amides is 1. The molecule has 9 nitrogen and oxygen atoms in total. The average molecular weight is 488 g/mol. The Morgan fingerprint density at radius 1 is 1.31 bits per heavy atom. The highest BCUT2D eigenvalue weighted by Gasteiger charge is 2.43. The summed E-state index contributed by atoms with van der Waals surface area (Å²) < 4.78 is 7.50. The smallest absolute Gasteiger partial charge is 0.258 e. The number of carbonyl (C=O) groups is 2. The molecule has 3 N–H and O–H groups in total. The molecule has 3 unspecified atom stereocenters. The van der Waals surface area contributed by atoms with E-state index < -0.39 is 11.3 Å². The molecule has 0 radical (unpaired) electrons. The number of nitrogens with zero attached hydrogens (tertiary/aromatic N) is 3. The van der Waals surface area contributed by atoms with E-state index in [4.69, 9.17) is 10.5 Å². The minimum absolute atomic E-state index is 0.0452. The van der Waals surface area contributed by atoms with Gasteiger partial charge >= 0.3 is 0 Å². The van der Waals surface area contributed by atoms with E-state index in [1.165, 1.54) is 10.9 Å². The van der Waals surface area contributed by atoms with Crippen LogP contribution in [0.25, 0.3) is 6.20 Å². The molecular weight excluding hydrogens is 446 g/mol. The SMILES string of the molecule is CCC1CC2CC(C[C@@H](CN=O)C2)[C@@H]1NC(=O)c1cnn(/C=C/C(C)(C)C(N)=O)c1OCC(C)C. The first-order chi connectivity index (χ1) is 16.6. The molecule has 3 rings (SSSR count). The fraction of sp³-hybridized carbons (Fsp3) is 0.731. The van der Waals surface area contributed by atoms with E-state index in [-0.39, 0.29) is 17.9 Å². The van der Waals surface area contributed by atoms with Gasteiger partial charge in [0.1, 0.15) is 5.56 Å². The van der Waals surface area contributed by atoms with E-state index in [1.807, 2.05) is 13.8 Å². The predicted octanol–water partition coefficient (Wildman–Crippen LogP) is 4.23. The van der Waals surface area contributed by atoms with E-state index in [1.54, 1.807) is 26.1 Å². The van der Waals surface area contributed by atoms with E-state index >= 15 is 0 Å². The van der Waals surface area contributed by atoms with Crippen LogP contribution in [0.2, 0.25) is 0 Å². The van der Waals surface area contributed by atoms with Crippen LogP contribution in [-0.4, -0.2) is 40.8 Å². The molecule has 0 saturated heterocycles. The Hall–Kier alpha value is -2.71. The summed E-state index contributed by atoms with van der Waals surface area (Å²) in [6.07, 6.45) is 9.91. The molecular formula is C26H41N5O4. The number of nitrogens with one attached hydrogen (secondary N) is 1. The van der Waals surface area contributed by atoms with Crippen LogP contribution in [0.1, 0.15) is 77.1 Å². The normalized spacial score (nSPS) is 26.6. The van der Waals surface area contributed by atoms with Crippen molar-refractivity contribution >= 4 is 18.0 Å². The zero-order chi connectivity index (χ0) is 25.8. The highest BCUT2D eigenvalue weighted by Crippen LogP contribution is 2.46. The number of nitroso groups, excluding NO2 is 1. The summed E-state index contributed by atoms with van der Waals surface area (Å²) in [6.45, 7) is 10.5. The lowest BCUT2D eigenvalue weighted by atomic mass is 9.61. The number of hydrogen-bond donors (Lipinski definition) is 2. The highest BCUT2D eigenvalue weighted by molar-refractivity contribution is 5.96. The number of fused-ring (bicyclic) bond motifs is 2. The zero-order valence-electron chi connectivity index (χ0n) is 21.7. The van der Waals surface area contributed by atoms with Crippen molar-refractivity contribution in [2.75, 3.05) is 13.2 Å². The van der Waals surface area contributed by atoms with Gasteiger partial charge in [0.05, 0.1) is 24.8 Å². The number of ether oxygens (including phenoxy) is 1. The van der Waals surface area contributed by atoms with Gasteiger partial charge in [0.2, 0.25) is 11.8 Å². The summed E-state index contributed by atoms with van der Waals surface area (Å²) in [7, 11) is 0. The van der Waals surface area contributed by atoms with Gasteiger partial charge in [-0.1, -0.05) is 38.4 Å². The summed E-state index contributed by atoms with van der Waals surface area (Å²) in [5.41, 5.74) is 4.98. The van der Waals surface area contributed by atoms with Gasteiger partial charge in [-0.2, -0.15) is 10.0 Å². The Balaban J connectivity index is 1.84. The Morgan fingerprint density at radius 2 is 2.06 bits per heavy atom. The van der Waals surface area contributed by atoms with E-state index in [0.717, 1.165) is 32.1 Å². The second kappa shape index (κ2) is 11.4. The van der Waals surface area contributed by atoms with Crippen LogP contribution < -0.4 is 15.8 Å². The van der Waals surface area contributed by atoms with Gasteiger partial charge < -0.3 is 15.8 Å². The van der Waals surface area contributed by atoms with Gasteiger partial charge in [-0.05, 0) is 69.1 Å². The number of carbonyl (C=O) groups excluding carboxylic acids is 2. The monoisotopic (exact) mass is 487 g/mol. The van der Waals surface area contributed by atoms with Crippen LogP contribution in [-0.2, 0) is 4.79 Å². The molecule has 2 saturated carbocycles. The molecule has 0 aliphatic heterocycles. The fourth-order valence-electron chi connectivity index (χ4n) is 5.54. The molecule has 0 spiro atoms. The van der Waals surface area contributed by atoms with Crippen LogP contribution in [0.3, 0.4) is 0 Å². The summed E-state index contributed by atoms with van der Waals surface area (Å²) in [4.78, 5) is 36.1. The summed E-state index contributed by atoms with van der Waals surface area (Å²) >= 11 is 0. The zero-order valence-corrected chi connectivity index (χ0v) is 21.7. The van der Waals surface area contributed by atoms with E-state index in [9.17, 15) is 14.5 Å². The number of aromatic nitrogens is 2. The molecule has 2 aliphatic rings. The van der Waals surface area contributed by atoms with Gasteiger partial charge in [-0.15, -0.1) is 0 Å². The van der Waals surface area contributed by atoms with Crippen LogP contribution in [0.15, 0.2) is 17.4 Å². The maximum atomic E-state index is 13.5. The first kappa shape index (κ1) is 26.9. The molecule has 35 heavy (non-hydrogen) atoms. The van der Waals surface area contributed by atoms with Crippen LogP contribution >= 0.6 is 0 Å². The van der Waals surface area contributed by atoms with Crippen molar-refractivity contribution in [1.29, 1.82) is 0 Å². The fourth-order valence-corrected chi connectivity index (χ4v) is 5.54. The molecule has 9 heteroatoms. The van der Waals surface area contributed by atoms with Crippen molar-refractivity contribution in [3.05, 3.63) is 22.7 Å². The maximum Gasteiger partial charge on any atom is 0.258 e. The molecule has 2 aliphatic carbocycles. The molecule has 2 fully saturated rings. The van der Waals surface area contributed by atoms with Gasteiger partial charge in [-0.25, -0.2) is 4.68 Å². The maximum absolute atomic E-state index is 13.5. The topological polar surface area (TPSA) is 129 Å². The third kappa shape index (κ3) is 6.49. The summed E-state index contributed by atoms with van der Waals surface area (Å²) in [5.74, 6) is 1.58. The van der Waals surface area contributed by atoms with Crippen LogP contribution in [0, 0.1) is 39.9 Å². The molecule has 1 heterocycles. The first-order valence-electron chi connectivity index (χ1n) is 12.8. The van der Waals surface area contributed by atoms with E-state index in [2.05, 4.69) is 22.5 Å². The average Bonchev–Trinajstić information content (AvgIpc) is 3.21. The standard InChI is InChI=1S/C26H41N5O4/c1-6-19-10-17-9-18(13-29-34)12-20(11-17)22(19)30-23(32)21-14-28-31(24(21)35-15-16(2)3)8-7-26(4,5)25(27)33/h7-8,14,16-20,22H,6,9-13,15H2,1-5H3,(H2,27,33)(H,30,32)/b8-7+/t17?,18-,19?,20?,22+/m0/s1. The lowest BCUT2D eigenvalue weighted by Gasteiger charge is -2.47. The summed E-state index contributed by atoms with van der Waals surface area (Å²) in [6, 6.07) is 0.0452. The Bertz CT molecular complexity index is 938. The summed E-state index contributed by atoms with van der Waals surface area (Å²) in [5, 5.41) is 10.8. The molecule has 2 bridgehead atoms. The first-order valence-corrected chi connectivity index (χ1v) is 12.8. The van der Waals surface area contributed by atoms with Gasteiger partial charge in [-0.3, -0.25) is 9.59 Å². The van der Waals surface area contributed by atoms with Gasteiger partial charge in [0.15, 0.2) is 0 Å². The van der Waals surface area contributed by atoms with E-state index in [0.29, 0.717) is 48.3 Å². The largest absolute Gasteiger partial charge is 0.477 e. The lowest BCUT2D eigenvalue weighted by Crippen LogP contribution is -2.51. The molecule has 1 aromatic heterocycles. The van der Waals surface area contributed by atoms with Crippen molar-refractivity contribution in [3.63, 3.8) is 0 Å². The number of hydrogen-bond acceptors (Lipinski definition) is 6. The Morgan fingerprint density at radius 3 is 2.69 bits per heavy atom. The van der Waals surface area contributed by atoms with Crippen molar-refractivity contribution in [1.82, 2.24) is 15.1 Å². The quantitative estimate of drug-likeness (QED) is 0.451. The second-order valence-electron chi connectivity index (χ2n) is 11.3. The number of amides is 2. The third-order valence-corrected chi connectivity index (χ3v) is 7.56.